The van der Waals surface area contributed by atoms with Crippen molar-refractivity contribution in [1.29, 1.82) is 0 Å². The van der Waals surface area contributed by atoms with Gasteiger partial charge in [-0.2, -0.15) is 0 Å². The lowest BCUT2D eigenvalue weighted by molar-refractivity contribution is 0.631. The van der Waals surface area contributed by atoms with E-state index in [4.69, 9.17) is 10.5 Å². The van der Waals surface area contributed by atoms with Crippen LogP contribution in [0.25, 0.3) is 54.7 Å². The van der Waals surface area contributed by atoms with E-state index in [1.165, 1.54) is 0 Å². The molecule has 0 unspecified atom stereocenters. The summed E-state index contributed by atoms with van der Waals surface area (Å²) < 4.78 is 2.28. The van der Waals surface area contributed by atoms with Gasteiger partial charge in [-0.05, 0) is 42.6 Å². The number of benzene rings is 2. The molecular formula is C23H19N7. The van der Waals surface area contributed by atoms with Crippen LogP contribution in [-0.4, -0.2) is 26.1 Å². The minimum atomic E-state index is 0.499. The number of aryl methyl sites for hydroxylation is 1. The number of rotatable bonds is 6. The van der Waals surface area contributed by atoms with Gasteiger partial charge >= 0.3 is 0 Å². The Morgan fingerprint density at radius 2 is 1.57 bits per heavy atom. The molecule has 146 valence electrons. The first-order valence-corrected chi connectivity index (χ1v) is 9.96. The SMILES string of the molecule is [N-]=[N+]=NCCCCn1c(-c2ccccc2)nc2c3cccnc3c3ncccc3c21. The molecule has 0 N–H and O–H groups in total. The van der Waals surface area contributed by atoms with Crippen LogP contribution < -0.4 is 0 Å². The van der Waals surface area contributed by atoms with Gasteiger partial charge in [0.25, 0.3) is 0 Å². The monoisotopic (exact) mass is 393 g/mol. The third kappa shape index (κ3) is 3.02. The van der Waals surface area contributed by atoms with Gasteiger partial charge in [0, 0.05) is 46.7 Å². The van der Waals surface area contributed by atoms with Crippen molar-refractivity contribution in [1.82, 2.24) is 19.5 Å². The lowest BCUT2D eigenvalue weighted by atomic mass is 10.1. The number of aromatic nitrogens is 4. The highest BCUT2D eigenvalue weighted by Crippen LogP contribution is 2.35. The average molecular weight is 393 g/mol. The molecule has 2 aromatic carbocycles. The highest BCUT2D eigenvalue weighted by atomic mass is 15.1. The van der Waals surface area contributed by atoms with Gasteiger partial charge in [0.15, 0.2) is 0 Å². The summed E-state index contributed by atoms with van der Waals surface area (Å²) in [5.74, 6) is 0.927. The third-order valence-corrected chi connectivity index (χ3v) is 5.30. The number of azide groups is 1. The Bertz CT molecular complexity index is 1400. The molecule has 3 heterocycles. The van der Waals surface area contributed by atoms with Crippen LogP contribution in [0.4, 0.5) is 0 Å². The van der Waals surface area contributed by atoms with E-state index in [0.29, 0.717) is 6.54 Å². The maximum Gasteiger partial charge on any atom is 0.141 e. The molecule has 5 aromatic rings. The molecular weight excluding hydrogens is 374 g/mol. The van der Waals surface area contributed by atoms with Crippen LogP contribution in [0.2, 0.25) is 0 Å². The Morgan fingerprint density at radius 1 is 0.833 bits per heavy atom. The zero-order valence-electron chi connectivity index (χ0n) is 16.3. The van der Waals surface area contributed by atoms with Crippen molar-refractivity contribution in [3.63, 3.8) is 0 Å². The average Bonchev–Trinajstić information content (AvgIpc) is 3.20. The minimum Gasteiger partial charge on any atom is -0.323 e. The fraction of sp³-hybridized carbons (Fsp3) is 0.174. The lowest BCUT2D eigenvalue weighted by Crippen LogP contribution is -2.02. The summed E-state index contributed by atoms with van der Waals surface area (Å²) in [7, 11) is 0. The maximum absolute atomic E-state index is 8.53. The van der Waals surface area contributed by atoms with Gasteiger partial charge in [0.05, 0.1) is 22.1 Å². The number of hydrogen-bond donors (Lipinski definition) is 0. The summed E-state index contributed by atoms with van der Waals surface area (Å²) in [6.45, 7) is 1.27. The molecule has 0 radical (unpaired) electrons. The van der Waals surface area contributed by atoms with Crippen LogP contribution >= 0.6 is 0 Å². The molecule has 7 nitrogen and oxygen atoms in total. The molecule has 0 amide bonds. The summed E-state index contributed by atoms with van der Waals surface area (Å²) >= 11 is 0. The van der Waals surface area contributed by atoms with Crippen molar-refractivity contribution in [2.45, 2.75) is 19.4 Å². The van der Waals surface area contributed by atoms with Gasteiger partial charge < -0.3 is 4.57 Å². The Hall–Kier alpha value is -3.96. The predicted molar refractivity (Wildman–Crippen MR) is 119 cm³/mol. The fourth-order valence-corrected chi connectivity index (χ4v) is 4.01. The Kier molecular flexibility index (Phi) is 4.71. The molecule has 0 aliphatic carbocycles. The second-order valence-electron chi connectivity index (χ2n) is 7.11. The van der Waals surface area contributed by atoms with Crippen LogP contribution in [0.15, 0.2) is 72.1 Å². The van der Waals surface area contributed by atoms with Crippen molar-refractivity contribution < 1.29 is 0 Å². The Morgan fingerprint density at radius 3 is 2.33 bits per heavy atom. The maximum atomic E-state index is 8.53. The van der Waals surface area contributed by atoms with E-state index >= 15 is 0 Å². The first kappa shape index (κ1) is 18.1. The number of fused-ring (bicyclic) bond motifs is 6. The standard InChI is InChI=1S/C23H19N7/c24-29-27-14-4-5-15-30-22-18-11-7-13-26-20(18)19-17(10-6-12-25-19)21(22)28-23(30)16-8-2-1-3-9-16/h1-3,6-13H,4-5,14-15H2. The molecule has 0 fully saturated rings. The summed E-state index contributed by atoms with van der Waals surface area (Å²) in [5, 5.41) is 5.71. The zero-order chi connectivity index (χ0) is 20.3. The topological polar surface area (TPSA) is 92.4 Å². The van der Waals surface area contributed by atoms with Crippen LogP contribution in [-0.2, 0) is 6.54 Å². The molecule has 0 bridgehead atoms. The summed E-state index contributed by atoms with van der Waals surface area (Å²) in [6.07, 6.45) is 5.31. The van der Waals surface area contributed by atoms with Gasteiger partial charge in [-0.1, -0.05) is 35.4 Å². The molecule has 0 spiro atoms. The quantitative estimate of drug-likeness (QED) is 0.118. The molecule has 0 aliphatic rings. The van der Waals surface area contributed by atoms with Crippen LogP contribution in [0, 0.1) is 0 Å². The minimum absolute atomic E-state index is 0.499. The van der Waals surface area contributed by atoms with E-state index in [2.05, 4.69) is 48.8 Å². The van der Waals surface area contributed by atoms with Crippen molar-refractivity contribution in [3.05, 3.63) is 77.4 Å². The molecule has 7 heteroatoms. The normalized spacial score (nSPS) is 11.2. The summed E-state index contributed by atoms with van der Waals surface area (Å²) in [4.78, 5) is 17.2. The van der Waals surface area contributed by atoms with Crippen LogP contribution in [0.1, 0.15) is 12.8 Å². The molecule has 0 saturated heterocycles. The molecule has 0 aliphatic heterocycles. The Labute approximate surface area is 172 Å². The van der Waals surface area contributed by atoms with Crippen molar-refractivity contribution in [2.24, 2.45) is 5.11 Å². The number of nitrogens with zero attached hydrogens (tertiary/aromatic N) is 7. The van der Waals surface area contributed by atoms with Crippen molar-refractivity contribution >= 4 is 32.8 Å². The smallest absolute Gasteiger partial charge is 0.141 e. The summed E-state index contributed by atoms with van der Waals surface area (Å²) in [6, 6.07) is 18.3. The highest BCUT2D eigenvalue weighted by Gasteiger charge is 2.19. The van der Waals surface area contributed by atoms with Gasteiger partial charge in [-0.15, -0.1) is 0 Å². The zero-order valence-corrected chi connectivity index (χ0v) is 16.3. The van der Waals surface area contributed by atoms with Gasteiger partial charge in [0.2, 0.25) is 0 Å². The molecule has 0 saturated carbocycles. The number of unbranched alkanes of at least 4 members (excludes halogenated alkanes) is 1. The van der Waals surface area contributed by atoms with E-state index in [0.717, 1.165) is 63.6 Å². The van der Waals surface area contributed by atoms with Gasteiger partial charge in [-0.3, -0.25) is 9.97 Å². The van der Waals surface area contributed by atoms with Crippen molar-refractivity contribution in [2.75, 3.05) is 6.54 Å². The summed E-state index contributed by atoms with van der Waals surface area (Å²) in [5.41, 5.74) is 13.4. The Balaban J connectivity index is 1.80. The molecule has 0 atom stereocenters. The van der Waals surface area contributed by atoms with Gasteiger partial charge in [-0.25, -0.2) is 4.98 Å². The first-order chi connectivity index (χ1) is 14.9. The van der Waals surface area contributed by atoms with Crippen LogP contribution in [0.3, 0.4) is 0 Å². The van der Waals surface area contributed by atoms with E-state index in [1.54, 1.807) is 12.4 Å². The van der Waals surface area contributed by atoms with E-state index in [-0.39, 0.29) is 0 Å². The second kappa shape index (κ2) is 7.81. The lowest BCUT2D eigenvalue weighted by Gasteiger charge is -2.11. The molecule has 3 aromatic heterocycles. The number of hydrogen-bond acceptors (Lipinski definition) is 4. The van der Waals surface area contributed by atoms with E-state index in [9.17, 15) is 0 Å². The second-order valence-corrected chi connectivity index (χ2v) is 7.11. The highest BCUT2D eigenvalue weighted by molar-refractivity contribution is 6.21. The molecule has 5 rings (SSSR count). The number of imidazole rings is 1. The predicted octanol–water partition coefficient (Wildman–Crippen LogP) is 5.89. The van der Waals surface area contributed by atoms with E-state index < -0.39 is 0 Å². The number of pyridine rings is 2. The molecule has 30 heavy (non-hydrogen) atoms. The van der Waals surface area contributed by atoms with Crippen molar-refractivity contribution in [3.8, 4) is 11.4 Å². The first-order valence-electron chi connectivity index (χ1n) is 9.96. The van der Waals surface area contributed by atoms with Gasteiger partial charge in [0.1, 0.15) is 5.82 Å². The fourth-order valence-electron chi connectivity index (χ4n) is 4.01. The largest absolute Gasteiger partial charge is 0.323 e. The van der Waals surface area contributed by atoms with E-state index in [1.807, 2.05) is 30.3 Å². The van der Waals surface area contributed by atoms with Crippen LogP contribution in [0.5, 0.6) is 0 Å². The third-order valence-electron chi connectivity index (χ3n) is 5.30.